The number of rotatable bonds is 5. The van der Waals surface area contributed by atoms with E-state index in [2.05, 4.69) is 33.1 Å². The lowest BCUT2D eigenvalue weighted by atomic mass is 10.0. The van der Waals surface area contributed by atoms with Crippen molar-refractivity contribution in [2.45, 2.75) is 39.0 Å². The molecule has 1 N–H and O–H groups in total. The third kappa shape index (κ3) is 5.55. The number of aliphatic hydroxyl groups excluding tert-OH is 1. The van der Waals surface area contributed by atoms with Gasteiger partial charge in [-0.1, -0.05) is 38.7 Å². The Bertz CT molecular complexity index is 146. The first-order valence-corrected chi connectivity index (χ1v) is 8.36. The summed E-state index contributed by atoms with van der Waals surface area (Å²) in [5.41, 5.74) is 1.32. The third-order valence-corrected chi connectivity index (χ3v) is 3.53. The molecule has 0 aromatic heterocycles. The Labute approximate surface area is 77.5 Å². The van der Waals surface area contributed by atoms with E-state index in [4.69, 9.17) is 5.11 Å². The van der Waals surface area contributed by atoms with Crippen molar-refractivity contribution < 1.29 is 5.11 Å². The standard InChI is InChI=1S/C10H22OSi/c1-9(6-7-11)10(2)8-12(3,4)5/h9,11H,2,6-8H2,1,3-5H3/t9-/m0/s1. The first kappa shape index (κ1) is 11.9. The predicted molar refractivity (Wildman–Crippen MR) is 58.2 cm³/mol. The Balaban J connectivity index is 3.87. The number of hydrogen-bond acceptors (Lipinski definition) is 1. The van der Waals surface area contributed by atoms with Crippen molar-refractivity contribution in [3.8, 4) is 0 Å². The molecule has 0 aliphatic rings. The monoisotopic (exact) mass is 186 g/mol. The fourth-order valence-corrected chi connectivity index (χ4v) is 2.96. The quantitative estimate of drug-likeness (QED) is 0.517. The van der Waals surface area contributed by atoms with Crippen LogP contribution < -0.4 is 0 Å². The molecule has 0 saturated heterocycles. The maximum absolute atomic E-state index is 8.75. The Morgan fingerprint density at radius 1 is 1.42 bits per heavy atom. The van der Waals surface area contributed by atoms with E-state index in [1.54, 1.807) is 0 Å². The Morgan fingerprint density at radius 2 is 1.92 bits per heavy atom. The molecule has 0 spiro atoms. The van der Waals surface area contributed by atoms with E-state index in [-0.39, 0.29) is 6.61 Å². The summed E-state index contributed by atoms with van der Waals surface area (Å²) in [6.07, 6.45) is 0.864. The fraction of sp³-hybridized carbons (Fsp3) is 0.800. The molecule has 0 aromatic carbocycles. The summed E-state index contributed by atoms with van der Waals surface area (Å²) in [6.45, 7) is 13.6. The lowest BCUT2D eigenvalue weighted by Crippen LogP contribution is -2.21. The maximum Gasteiger partial charge on any atom is 0.0483 e. The van der Waals surface area contributed by atoms with Crippen molar-refractivity contribution >= 4 is 8.07 Å². The molecule has 2 heteroatoms. The van der Waals surface area contributed by atoms with Gasteiger partial charge in [0.25, 0.3) is 0 Å². The molecule has 0 unspecified atom stereocenters. The SMILES string of the molecule is C=C(C[Si](C)(C)C)[C@@H](C)CCO. The molecule has 0 aliphatic heterocycles. The molecule has 0 rings (SSSR count). The fourth-order valence-electron chi connectivity index (χ4n) is 1.25. The van der Waals surface area contributed by atoms with Crippen molar-refractivity contribution in [2.24, 2.45) is 5.92 Å². The second kappa shape index (κ2) is 4.82. The summed E-state index contributed by atoms with van der Waals surface area (Å²) in [6, 6.07) is 1.19. The van der Waals surface area contributed by atoms with Crippen molar-refractivity contribution in [3.63, 3.8) is 0 Å². The van der Waals surface area contributed by atoms with E-state index in [1.165, 1.54) is 11.6 Å². The Morgan fingerprint density at radius 3 is 2.25 bits per heavy atom. The van der Waals surface area contributed by atoms with Gasteiger partial charge in [0.15, 0.2) is 0 Å². The maximum atomic E-state index is 8.75. The summed E-state index contributed by atoms with van der Waals surface area (Å²) in [7, 11) is -0.993. The molecule has 72 valence electrons. The molecular formula is C10H22OSi. The van der Waals surface area contributed by atoms with E-state index in [9.17, 15) is 0 Å². The van der Waals surface area contributed by atoms with Gasteiger partial charge in [-0.25, -0.2) is 0 Å². The van der Waals surface area contributed by atoms with Gasteiger partial charge >= 0.3 is 0 Å². The summed E-state index contributed by atoms with van der Waals surface area (Å²) < 4.78 is 0. The Kier molecular flexibility index (Phi) is 4.79. The summed E-state index contributed by atoms with van der Waals surface area (Å²) >= 11 is 0. The zero-order valence-electron chi connectivity index (χ0n) is 8.85. The van der Waals surface area contributed by atoms with Crippen molar-refractivity contribution in [1.82, 2.24) is 0 Å². The minimum atomic E-state index is -0.993. The molecule has 0 bridgehead atoms. The lowest BCUT2D eigenvalue weighted by molar-refractivity contribution is 0.271. The van der Waals surface area contributed by atoms with Crippen LogP contribution in [-0.4, -0.2) is 19.8 Å². The normalized spacial score (nSPS) is 14.4. The molecular weight excluding hydrogens is 164 g/mol. The molecule has 0 heterocycles. The van der Waals surface area contributed by atoms with Crippen molar-refractivity contribution in [1.29, 1.82) is 0 Å². The van der Waals surface area contributed by atoms with Gasteiger partial charge in [-0.05, 0) is 18.4 Å². The molecule has 1 atom stereocenters. The van der Waals surface area contributed by atoms with Crippen LogP contribution in [0.25, 0.3) is 0 Å². The highest BCUT2D eigenvalue weighted by Crippen LogP contribution is 2.22. The van der Waals surface area contributed by atoms with Gasteiger partial charge in [-0.15, -0.1) is 0 Å². The lowest BCUT2D eigenvalue weighted by Gasteiger charge is -2.21. The first-order chi connectivity index (χ1) is 5.37. The average Bonchev–Trinajstić information content (AvgIpc) is 1.84. The van der Waals surface area contributed by atoms with E-state index < -0.39 is 8.07 Å². The smallest absolute Gasteiger partial charge is 0.0483 e. The predicted octanol–water partition coefficient (Wildman–Crippen LogP) is 2.90. The van der Waals surface area contributed by atoms with E-state index in [0.29, 0.717) is 5.92 Å². The highest BCUT2D eigenvalue weighted by atomic mass is 28.3. The molecule has 12 heavy (non-hydrogen) atoms. The highest BCUT2D eigenvalue weighted by Gasteiger charge is 2.17. The highest BCUT2D eigenvalue weighted by molar-refractivity contribution is 6.76. The molecule has 1 nitrogen and oxygen atoms in total. The summed E-state index contributed by atoms with van der Waals surface area (Å²) in [5.74, 6) is 0.488. The zero-order valence-corrected chi connectivity index (χ0v) is 9.85. The molecule has 0 fully saturated rings. The Hall–Kier alpha value is -0.0831. The molecule has 0 amide bonds. The second-order valence-corrected chi connectivity index (χ2v) is 10.3. The largest absolute Gasteiger partial charge is 0.396 e. The van der Waals surface area contributed by atoms with Crippen LogP contribution in [0.1, 0.15) is 13.3 Å². The third-order valence-electron chi connectivity index (χ3n) is 2.02. The van der Waals surface area contributed by atoms with Crippen LogP contribution >= 0.6 is 0 Å². The zero-order chi connectivity index (χ0) is 9.78. The van der Waals surface area contributed by atoms with Crippen LogP contribution in [0.4, 0.5) is 0 Å². The molecule has 0 radical (unpaired) electrons. The first-order valence-electron chi connectivity index (χ1n) is 4.65. The second-order valence-electron chi connectivity index (χ2n) is 4.81. The van der Waals surface area contributed by atoms with Crippen LogP contribution in [0, 0.1) is 5.92 Å². The van der Waals surface area contributed by atoms with Crippen molar-refractivity contribution in [3.05, 3.63) is 12.2 Å². The van der Waals surface area contributed by atoms with Gasteiger partial charge in [0, 0.05) is 14.7 Å². The molecule has 0 aliphatic carbocycles. The number of allylic oxidation sites excluding steroid dienone is 1. The average molecular weight is 186 g/mol. The van der Waals surface area contributed by atoms with Gasteiger partial charge in [0.1, 0.15) is 0 Å². The van der Waals surface area contributed by atoms with Gasteiger partial charge in [0.05, 0.1) is 0 Å². The minimum absolute atomic E-state index is 0.284. The molecule has 0 saturated carbocycles. The van der Waals surface area contributed by atoms with Crippen LogP contribution in [0.15, 0.2) is 12.2 Å². The van der Waals surface area contributed by atoms with Crippen molar-refractivity contribution in [2.75, 3.05) is 6.61 Å². The summed E-state index contributed by atoms with van der Waals surface area (Å²) in [4.78, 5) is 0. The van der Waals surface area contributed by atoms with E-state index >= 15 is 0 Å². The van der Waals surface area contributed by atoms with E-state index in [0.717, 1.165) is 6.42 Å². The number of aliphatic hydroxyl groups is 1. The van der Waals surface area contributed by atoms with Gasteiger partial charge in [-0.2, -0.15) is 0 Å². The van der Waals surface area contributed by atoms with Crippen LogP contribution in [-0.2, 0) is 0 Å². The van der Waals surface area contributed by atoms with Gasteiger partial charge in [0.2, 0.25) is 0 Å². The topological polar surface area (TPSA) is 20.2 Å². The molecule has 0 aromatic rings. The van der Waals surface area contributed by atoms with Crippen LogP contribution in [0.2, 0.25) is 25.7 Å². The minimum Gasteiger partial charge on any atom is -0.396 e. The number of hydrogen-bond donors (Lipinski definition) is 1. The van der Waals surface area contributed by atoms with Crippen LogP contribution in [0.3, 0.4) is 0 Å². The van der Waals surface area contributed by atoms with Crippen LogP contribution in [0.5, 0.6) is 0 Å². The van der Waals surface area contributed by atoms with Gasteiger partial charge < -0.3 is 5.11 Å². The summed E-state index contributed by atoms with van der Waals surface area (Å²) in [5, 5.41) is 8.75. The van der Waals surface area contributed by atoms with Gasteiger partial charge in [-0.3, -0.25) is 0 Å². The van der Waals surface area contributed by atoms with E-state index in [1.807, 2.05) is 0 Å².